The molecule has 0 fully saturated rings. The molecule has 1 aromatic carbocycles. The van der Waals surface area contributed by atoms with Crippen molar-refractivity contribution in [3.63, 3.8) is 0 Å². The molecule has 0 aliphatic carbocycles. The molecule has 18 heavy (non-hydrogen) atoms. The first-order valence-electron chi connectivity index (χ1n) is 5.53. The van der Waals surface area contributed by atoms with Crippen LogP contribution >= 0.6 is 0 Å². The van der Waals surface area contributed by atoms with Gasteiger partial charge in [-0.1, -0.05) is 6.07 Å². The molecule has 2 rings (SSSR count). The highest BCUT2D eigenvalue weighted by molar-refractivity contribution is 5.83. The van der Waals surface area contributed by atoms with Crippen LogP contribution in [-0.4, -0.2) is 25.5 Å². The monoisotopic (exact) mass is 250 g/mol. The molecular formula is C12H14N2O4. The number of fused-ring (bicyclic) bond motifs is 1. The van der Waals surface area contributed by atoms with E-state index in [-0.39, 0.29) is 23.2 Å². The van der Waals surface area contributed by atoms with Crippen LogP contribution < -0.4 is 11.2 Å². The summed E-state index contributed by atoms with van der Waals surface area (Å²) in [6.45, 7) is 1.43. The van der Waals surface area contributed by atoms with Crippen LogP contribution in [0.3, 0.4) is 0 Å². The lowest BCUT2D eigenvalue weighted by Gasteiger charge is -2.12. The van der Waals surface area contributed by atoms with Crippen molar-refractivity contribution in [2.45, 2.75) is 19.6 Å². The molecule has 2 aromatic rings. The number of para-hydroxylation sites is 1. The fourth-order valence-corrected chi connectivity index (χ4v) is 1.99. The van der Waals surface area contributed by atoms with Crippen LogP contribution in [-0.2, 0) is 13.6 Å². The summed E-state index contributed by atoms with van der Waals surface area (Å²) >= 11 is 0. The molecular weight excluding hydrogens is 236 g/mol. The normalized spacial score (nSPS) is 12.8. The zero-order chi connectivity index (χ0) is 13.4. The van der Waals surface area contributed by atoms with Gasteiger partial charge in [0.15, 0.2) is 0 Å². The Hall–Kier alpha value is -2.08. The maximum Gasteiger partial charge on any atom is 0.331 e. The summed E-state index contributed by atoms with van der Waals surface area (Å²) in [5, 5.41) is 19.3. The van der Waals surface area contributed by atoms with E-state index >= 15 is 0 Å². The van der Waals surface area contributed by atoms with Gasteiger partial charge in [0.25, 0.3) is 5.56 Å². The molecule has 1 aromatic heterocycles. The summed E-state index contributed by atoms with van der Waals surface area (Å²) in [6, 6.07) is 4.49. The minimum absolute atomic E-state index is 0.0723. The largest absolute Gasteiger partial charge is 0.506 e. The van der Waals surface area contributed by atoms with Crippen LogP contribution in [0.25, 0.3) is 10.9 Å². The molecule has 0 saturated heterocycles. The summed E-state index contributed by atoms with van der Waals surface area (Å²) in [6.07, 6.45) is -0.801. The molecule has 0 aliphatic rings. The van der Waals surface area contributed by atoms with Crippen molar-refractivity contribution >= 4 is 10.9 Å². The van der Waals surface area contributed by atoms with Crippen LogP contribution in [0.4, 0.5) is 0 Å². The number of aryl methyl sites for hydroxylation is 1. The first kappa shape index (κ1) is 12.4. The number of phenolic OH excluding ortho intramolecular Hbond substituents is 1. The summed E-state index contributed by atoms with van der Waals surface area (Å²) in [5.74, 6) is -0.117. The smallest absolute Gasteiger partial charge is 0.331 e. The van der Waals surface area contributed by atoms with E-state index in [1.54, 1.807) is 0 Å². The van der Waals surface area contributed by atoms with Crippen LogP contribution in [0, 0.1) is 0 Å². The fourth-order valence-electron chi connectivity index (χ4n) is 1.99. The lowest BCUT2D eigenvalue weighted by atomic mass is 10.2. The maximum atomic E-state index is 12.1. The van der Waals surface area contributed by atoms with E-state index in [0.29, 0.717) is 0 Å². The van der Waals surface area contributed by atoms with E-state index in [1.807, 2.05) is 0 Å². The van der Waals surface area contributed by atoms with Crippen LogP contribution in [0.5, 0.6) is 5.75 Å². The lowest BCUT2D eigenvalue weighted by molar-refractivity contribution is 0.170. The van der Waals surface area contributed by atoms with Crippen LogP contribution in [0.15, 0.2) is 27.8 Å². The van der Waals surface area contributed by atoms with Gasteiger partial charge in [-0.3, -0.25) is 13.9 Å². The molecule has 0 saturated carbocycles. The number of rotatable bonds is 2. The third-order valence-corrected chi connectivity index (χ3v) is 2.79. The van der Waals surface area contributed by atoms with E-state index in [2.05, 4.69) is 0 Å². The molecule has 0 bridgehead atoms. The highest BCUT2D eigenvalue weighted by Gasteiger charge is 2.14. The Morgan fingerprint density at radius 1 is 1.33 bits per heavy atom. The van der Waals surface area contributed by atoms with Gasteiger partial charge in [0, 0.05) is 7.05 Å². The Bertz CT molecular complexity index is 712. The Balaban J connectivity index is 2.93. The van der Waals surface area contributed by atoms with Gasteiger partial charge < -0.3 is 10.2 Å². The van der Waals surface area contributed by atoms with Gasteiger partial charge >= 0.3 is 5.69 Å². The first-order chi connectivity index (χ1) is 8.43. The van der Waals surface area contributed by atoms with E-state index in [4.69, 9.17) is 0 Å². The predicted octanol–water partition coefficient (Wildman–Crippen LogP) is -0.213. The van der Waals surface area contributed by atoms with Gasteiger partial charge in [0.05, 0.1) is 23.6 Å². The second kappa shape index (κ2) is 4.30. The highest BCUT2D eigenvalue weighted by atomic mass is 16.3. The van der Waals surface area contributed by atoms with E-state index in [1.165, 1.54) is 36.7 Å². The average molecular weight is 250 g/mol. The third kappa shape index (κ3) is 1.80. The zero-order valence-electron chi connectivity index (χ0n) is 10.1. The Morgan fingerprint density at radius 2 is 2.00 bits per heavy atom. The SMILES string of the molecule is CC(O)Cn1c(=O)c2cccc(O)c2n(C)c1=O. The number of phenols is 1. The highest BCUT2D eigenvalue weighted by Crippen LogP contribution is 2.19. The molecule has 0 radical (unpaired) electrons. The summed E-state index contributed by atoms with van der Waals surface area (Å²) in [7, 11) is 1.47. The van der Waals surface area contributed by atoms with Crippen LogP contribution in [0.2, 0.25) is 0 Å². The number of aromatic hydroxyl groups is 1. The number of benzene rings is 1. The van der Waals surface area contributed by atoms with Crippen molar-refractivity contribution in [2.24, 2.45) is 7.05 Å². The average Bonchev–Trinajstić information content (AvgIpc) is 2.31. The molecule has 0 aliphatic heterocycles. The summed E-state index contributed by atoms with van der Waals surface area (Å²) < 4.78 is 2.17. The number of aromatic nitrogens is 2. The van der Waals surface area contributed by atoms with E-state index < -0.39 is 17.4 Å². The van der Waals surface area contributed by atoms with Gasteiger partial charge in [-0.2, -0.15) is 0 Å². The standard InChI is InChI=1S/C12H14N2O4/c1-7(15)6-14-11(17)8-4-3-5-9(16)10(8)13(2)12(14)18/h3-5,7,15-16H,6H2,1-2H3. The van der Waals surface area contributed by atoms with Crippen molar-refractivity contribution in [2.75, 3.05) is 0 Å². The minimum atomic E-state index is -0.801. The minimum Gasteiger partial charge on any atom is -0.506 e. The number of hydrogen-bond acceptors (Lipinski definition) is 4. The second-order valence-electron chi connectivity index (χ2n) is 4.28. The van der Waals surface area contributed by atoms with Crippen molar-refractivity contribution in [1.29, 1.82) is 0 Å². The Kier molecular flexibility index (Phi) is 2.96. The van der Waals surface area contributed by atoms with Gasteiger partial charge in [0.1, 0.15) is 5.75 Å². The number of nitrogens with zero attached hydrogens (tertiary/aromatic N) is 2. The van der Waals surface area contributed by atoms with Crippen molar-refractivity contribution in [1.82, 2.24) is 9.13 Å². The Morgan fingerprint density at radius 3 is 2.61 bits per heavy atom. The second-order valence-corrected chi connectivity index (χ2v) is 4.28. The molecule has 6 heteroatoms. The van der Waals surface area contributed by atoms with Crippen LogP contribution in [0.1, 0.15) is 6.92 Å². The topological polar surface area (TPSA) is 84.5 Å². The summed E-state index contributed by atoms with van der Waals surface area (Å²) in [4.78, 5) is 24.1. The summed E-state index contributed by atoms with van der Waals surface area (Å²) in [5.41, 5.74) is -0.867. The van der Waals surface area contributed by atoms with Gasteiger partial charge in [-0.05, 0) is 19.1 Å². The van der Waals surface area contributed by atoms with Crippen molar-refractivity contribution < 1.29 is 10.2 Å². The third-order valence-electron chi connectivity index (χ3n) is 2.79. The maximum absolute atomic E-state index is 12.1. The van der Waals surface area contributed by atoms with Gasteiger partial charge in [0.2, 0.25) is 0 Å². The molecule has 96 valence electrons. The molecule has 0 spiro atoms. The molecule has 1 heterocycles. The first-order valence-corrected chi connectivity index (χ1v) is 5.53. The van der Waals surface area contributed by atoms with E-state index in [0.717, 1.165) is 4.57 Å². The predicted molar refractivity (Wildman–Crippen MR) is 66.8 cm³/mol. The molecule has 6 nitrogen and oxygen atoms in total. The van der Waals surface area contributed by atoms with Crippen molar-refractivity contribution in [3.05, 3.63) is 39.0 Å². The number of hydrogen-bond donors (Lipinski definition) is 2. The quantitative estimate of drug-likeness (QED) is 0.772. The van der Waals surface area contributed by atoms with Gasteiger partial charge in [-0.15, -0.1) is 0 Å². The number of aliphatic hydroxyl groups is 1. The zero-order valence-corrected chi connectivity index (χ0v) is 10.1. The van der Waals surface area contributed by atoms with Crippen molar-refractivity contribution in [3.8, 4) is 5.75 Å². The van der Waals surface area contributed by atoms with E-state index in [9.17, 15) is 19.8 Å². The number of aliphatic hydroxyl groups excluding tert-OH is 1. The molecule has 1 unspecified atom stereocenters. The molecule has 0 amide bonds. The molecule has 1 atom stereocenters. The Labute approximate surface area is 102 Å². The fraction of sp³-hybridized carbons (Fsp3) is 0.333. The van der Waals surface area contributed by atoms with Gasteiger partial charge in [-0.25, -0.2) is 4.79 Å². The lowest BCUT2D eigenvalue weighted by Crippen LogP contribution is -2.41. The molecule has 2 N–H and O–H groups in total.